The first-order valence-electron chi connectivity index (χ1n) is 5.75. The molecular weight excluding hydrogens is 218 g/mol. The second-order valence-corrected chi connectivity index (χ2v) is 11.1. The fourth-order valence-electron chi connectivity index (χ4n) is 2.50. The first kappa shape index (κ1) is 13.7. The van der Waals surface area contributed by atoms with Crippen LogP contribution in [0.15, 0.2) is 0 Å². The van der Waals surface area contributed by atoms with Gasteiger partial charge >= 0.3 is 0 Å². The van der Waals surface area contributed by atoms with Gasteiger partial charge in [-0.15, -0.1) is 0 Å². The lowest BCUT2D eigenvalue weighted by atomic mass is 9.84. The SMILES string of the molecule is CC1(C)CC(C#N)(O[Si](C)(C)C)C(C)(C)O1. The zero-order valence-electron chi connectivity index (χ0n) is 11.5. The van der Waals surface area contributed by atoms with Crippen LogP contribution in [0.5, 0.6) is 0 Å². The normalized spacial score (nSPS) is 32.4. The van der Waals surface area contributed by atoms with Gasteiger partial charge in [-0.05, 0) is 47.3 Å². The van der Waals surface area contributed by atoms with Gasteiger partial charge in [0.15, 0.2) is 13.9 Å². The van der Waals surface area contributed by atoms with Crippen molar-refractivity contribution >= 4 is 8.32 Å². The van der Waals surface area contributed by atoms with E-state index >= 15 is 0 Å². The molecule has 0 N–H and O–H groups in total. The summed E-state index contributed by atoms with van der Waals surface area (Å²) in [5, 5.41) is 9.51. The monoisotopic (exact) mass is 241 g/mol. The Morgan fingerprint density at radius 2 is 1.69 bits per heavy atom. The molecule has 0 radical (unpaired) electrons. The molecule has 0 spiro atoms. The quantitative estimate of drug-likeness (QED) is 0.698. The van der Waals surface area contributed by atoms with Crippen molar-refractivity contribution in [2.24, 2.45) is 0 Å². The lowest BCUT2D eigenvalue weighted by molar-refractivity contribution is -0.102. The van der Waals surface area contributed by atoms with Crippen molar-refractivity contribution in [3.63, 3.8) is 0 Å². The number of nitriles is 1. The van der Waals surface area contributed by atoms with Gasteiger partial charge in [0.25, 0.3) is 0 Å². The minimum atomic E-state index is -1.77. The Hall–Kier alpha value is -0.373. The van der Waals surface area contributed by atoms with E-state index in [0.29, 0.717) is 6.42 Å². The zero-order valence-corrected chi connectivity index (χ0v) is 12.5. The summed E-state index contributed by atoms with van der Waals surface area (Å²) >= 11 is 0. The third-order valence-electron chi connectivity index (χ3n) is 2.84. The van der Waals surface area contributed by atoms with E-state index in [9.17, 15) is 5.26 Å². The summed E-state index contributed by atoms with van der Waals surface area (Å²) in [6.45, 7) is 14.2. The average Bonchev–Trinajstić information content (AvgIpc) is 2.13. The largest absolute Gasteiger partial charge is 0.398 e. The van der Waals surface area contributed by atoms with Crippen LogP contribution in [-0.2, 0) is 9.16 Å². The van der Waals surface area contributed by atoms with Gasteiger partial charge in [0.1, 0.15) is 5.60 Å². The summed E-state index contributed by atoms with van der Waals surface area (Å²) in [7, 11) is -1.77. The van der Waals surface area contributed by atoms with Gasteiger partial charge in [0.2, 0.25) is 0 Å². The fraction of sp³-hybridized carbons (Fsp3) is 0.917. The predicted molar refractivity (Wildman–Crippen MR) is 66.6 cm³/mol. The van der Waals surface area contributed by atoms with Crippen LogP contribution < -0.4 is 0 Å². The molecule has 1 heterocycles. The van der Waals surface area contributed by atoms with E-state index in [1.807, 2.05) is 27.7 Å². The van der Waals surface area contributed by atoms with Gasteiger partial charge < -0.3 is 9.16 Å². The van der Waals surface area contributed by atoms with Crippen LogP contribution in [0.25, 0.3) is 0 Å². The van der Waals surface area contributed by atoms with Crippen molar-refractivity contribution in [3.8, 4) is 6.07 Å². The summed E-state index contributed by atoms with van der Waals surface area (Å²) in [6, 6.07) is 2.37. The molecule has 0 aromatic rings. The first-order chi connectivity index (χ1) is 6.93. The van der Waals surface area contributed by atoms with E-state index in [2.05, 4.69) is 25.7 Å². The smallest absolute Gasteiger partial charge is 0.186 e. The topological polar surface area (TPSA) is 42.2 Å². The molecule has 1 unspecified atom stereocenters. The molecule has 0 bridgehead atoms. The summed E-state index contributed by atoms with van der Waals surface area (Å²) in [4.78, 5) is 0. The molecule has 3 nitrogen and oxygen atoms in total. The lowest BCUT2D eigenvalue weighted by Crippen LogP contribution is -2.52. The molecule has 1 saturated heterocycles. The summed E-state index contributed by atoms with van der Waals surface area (Å²) in [5.74, 6) is 0. The van der Waals surface area contributed by atoms with Crippen molar-refractivity contribution in [2.75, 3.05) is 0 Å². The highest BCUT2D eigenvalue weighted by Crippen LogP contribution is 2.48. The number of rotatable bonds is 2. The maximum Gasteiger partial charge on any atom is 0.186 e. The molecule has 4 heteroatoms. The molecule has 1 atom stereocenters. The van der Waals surface area contributed by atoms with Crippen LogP contribution in [-0.4, -0.2) is 25.1 Å². The summed E-state index contributed by atoms with van der Waals surface area (Å²) in [5.41, 5.74) is -1.65. The van der Waals surface area contributed by atoms with Gasteiger partial charge in [0.05, 0.1) is 11.7 Å². The second-order valence-electron chi connectivity index (χ2n) is 6.70. The molecule has 0 aromatic carbocycles. The van der Waals surface area contributed by atoms with Crippen LogP contribution in [0.4, 0.5) is 0 Å². The second kappa shape index (κ2) is 3.56. The highest BCUT2D eigenvalue weighted by atomic mass is 28.4. The predicted octanol–water partition coefficient (Wildman–Crippen LogP) is 3.08. The van der Waals surface area contributed by atoms with Crippen molar-refractivity contribution < 1.29 is 9.16 Å². The fourth-order valence-corrected chi connectivity index (χ4v) is 3.91. The molecule has 0 saturated carbocycles. The summed E-state index contributed by atoms with van der Waals surface area (Å²) < 4.78 is 12.1. The molecular formula is C12H23NO2Si. The van der Waals surface area contributed by atoms with Crippen molar-refractivity contribution in [3.05, 3.63) is 0 Å². The minimum absolute atomic E-state index is 0.293. The Morgan fingerprint density at radius 3 is 1.94 bits per heavy atom. The van der Waals surface area contributed by atoms with Crippen LogP contribution in [0.1, 0.15) is 34.1 Å². The third kappa shape index (κ3) is 2.48. The van der Waals surface area contributed by atoms with Gasteiger partial charge in [-0.2, -0.15) is 5.26 Å². The lowest BCUT2D eigenvalue weighted by Gasteiger charge is -2.38. The Morgan fingerprint density at radius 1 is 1.19 bits per heavy atom. The molecule has 0 amide bonds. The van der Waals surface area contributed by atoms with Gasteiger partial charge in [-0.25, -0.2) is 0 Å². The van der Waals surface area contributed by atoms with E-state index in [1.165, 1.54) is 0 Å². The van der Waals surface area contributed by atoms with E-state index < -0.39 is 19.5 Å². The van der Waals surface area contributed by atoms with E-state index in [0.717, 1.165) is 0 Å². The first-order valence-corrected chi connectivity index (χ1v) is 9.16. The van der Waals surface area contributed by atoms with Crippen LogP contribution in [0.2, 0.25) is 19.6 Å². The van der Waals surface area contributed by atoms with Crippen molar-refractivity contribution in [2.45, 2.75) is 70.6 Å². The Bertz CT molecular complexity index is 325. The van der Waals surface area contributed by atoms with Crippen LogP contribution in [0, 0.1) is 11.3 Å². The van der Waals surface area contributed by atoms with Crippen molar-refractivity contribution in [1.29, 1.82) is 5.26 Å². The molecule has 0 aliphatic carbocycles. The molecule has 0 aromatic heterocycles. The molecule has 1 aliphatic heterocycles. The highest BCUT2D eigenvalue weighted by Gasteiger charge is 2.60. The maximum absolute atomic E-state index is 9.51. The number of hydrogen-bond donors (Lipinski definition) is 0. The van der Waals surface area contributed by atoms with E-state index in [1.54, 1.807) is 0 Å². The molecule has 16 heavy (non-hydrogen) atoms. The number of nitrogens with zero attached hydrogens (tertiary/aromatic N) is 1. The highest BCUT2D eigenvalue weighted by molar-refractivity contribution is 6.69. The molecule has 1 rings (SSSR count). The molecule has 92 valence electrons. The zero-order chi connectivity index (χ0) is 12.8. The molecule has 1 aliphatic rings. The molecule has 1 fully saturated rings. The maximum atomic E-state index is 9.51. The van der Waals surface area contributed by atoms with E-state index in [-0.39, 0.29) is 5.60 Å². The van der Waals surface area contributed by atoms with Gasteiger partial charge in [-0.3, -0.25) is 0 Å². The van der Waals surface area contributed by atoms with Gasteiger partial charge in [-0.1, -0.05) is 0 Å². The van der Waals surface area contributed by atoms with Crippen molar-refractivity contribution in [1.82, 2.24) is 0 Å². The number of hydrogen-bond acceptors (Lipinski definition) is 3. The minimum Gasteiger partial charge on any atom is -0.398 e. The average molecular weight is 241 g/mol. The van der Waals surface area contributed by atoms with Crippen LogP contribution in [0.3, 0.4) is 0 Å². The Labute approximate surface area is 99.9 Å². The number of ether oxygens (including phenoxy) is 1. The Balaban J connectivity index is 3.10. The van der Waals surface area contributed by atoms with Gasteiger partial charge in [0, 0.05) is 6.42 Å². The Kier molecular flexibility index (Phi) is 3.05. The standard InChI is InChI=1S/C12H23NO2Si/c1-10(2)8-12(9-13,11(3,4)14-10)15-16(5,6)7/h8H2,1-7H3. The summed E-state index contributed by atoms with van der Waals surface area (Å²) in [6.07, 6.45) is 0.633. The van der Waals surface area contributed by atoms with Crippen LogP contribution >= 0.6 is 0 Å². The third-order valence-corrected chi connectivity index (χ3v) is 3.80. The van der Waals surface area contributed by atoms with E-state index in [4.69, 9.17) is 9.16 Å².